The van der Waals surface area contributed by atoms with E-state index in [2.05, 4.69) is 10.3 Å². The van der Waals surface area contributed by atoms with Crippen LogP contribution in [0.3, 0.4) is 0 Å². The molecule has 2 aromatic carbocycles. The van der Waals surface area contributed by atoms with E-state index in [9.17, 15) is 9.59 Å². The molecular formula is C23H18N4O3S. The number of nitrogens with one attached hydrogen (secondary N) is 1. The highest BCUT2D eigenvalue weighted by Gasteiger charge is 2.20. The average molecular weight is 430 g/mol. The van der Waals surface area contributed by atoms with Crippen molar-refractivity contribution >= 4 is 34.3 Å². The summed E-state index contributed by atoms with van der Waals surface area (Å²) in [5, 5.41) is 12.2. The number of thioether (sulfide) groups is 1. The minimum Gasteiger partial charge on any atom is -0.467 e. The number of hydrogen-bond acceptors (Lipinski definition) is 6. The predicted molar refractivity (Wildman–Crippen MR) is 119 cm³/mol. The van der Waals surface area contributed by atoms with Gasteiger partial charge in [-0.15, -0.1) is 0 Å². The van der Waals surface area contributed by atoms with E-state index in [4.69, 9.17) is 9.68 Å². The molecule has 2 heterocycles. The van der Waals surface area contributed by atoms with E-state index in [0.717, 1.165) is 0 Å². The predicted octanol–water partition coefficient (Wildman–Crippen LogP) is 4.03. The molecule has 0 saturated carbocycles. The number of rotatable bonds is 6. The Labute approximate surface area is 182 Å². The maximum Gasteiger partial charge on any atom is 0.262 e. The third-order valence-corrected chi connectivity index (χ3v) is 5.72. The first-order valence-electron chi connectivity index (χ1n) is 9.55. The van der Waals surface area contributed by atoms with Crippen molar-refractivity contribution in [2.75, 3.05) is 5.32 Å². The molecule has 4 aromatic rings. The Bertz CT molecular complexity index is 1340. The van der Waals surface area contributed by atoms with Gasteiger partial charge in [-0.05, 0) is 49.4 Å². The Morgan fingerprint density at radius 1 is 1.23 bits per heavy atom. The smallest absolute Gasteiger partial charge is 0.262 e. The second kappa shape index (κ2) is 8.90. The van der Waals surface area contributed by atoms with Crippen LogP contribution < -0.4 is 10.9 Å². The van der Waals surface area contributed by atoms with Gasteiger partial charge in [-0.2, -0.15) is 5.26 Å². The van der Waals surface area contributed by atoms with Gasteiger partial charge in [-0.25, -0.2) is 4.98 Å². The van der Waals surface area contributed by atoms with Crippen molar-refractivity contribution in [3.05, 3.63) is 88.6 Å². The van der Waals surface area contributed by atoms with Gasteiger partial charge in [0.2, 0.25) is 5.91 Å². The highest BCUT2D eigenvalue weighted by molar-refractivity contribution is 8.00. The summed E-state index contributed by atoms with van der Waals surface area (Å²) in [4.78, 5) is 30.5. The zero-order valence-electron chi connectivity index (χ0n) is 16.6. The number of carbonyl (C=O) groups is 1. The van der Waals surface area contributed by atoms with Crippen LogP contribution in [-0.2, 0) is 11.3 Å². The topological polar surface area (TPSA) is 101 Å². The lowest BCUT2D eigenvalue weighted by molar-refractivity contribution is -0.115. The summed E-state index contributed by atoms with van der Waals surface area (Å²) < 4.78 is 6.93. The average Bonchev–Trinajstić information content (AvgIpc) is 3.30. The number of amides is 1. The van der Waals surface area contributed by atoms with Crippen LogP contribution in [0.15, 0.2) is 81.3 Å². The lowest BCUT2D eigenvalue weighted by Crippen LogP contribution is -2.27. The summed E-state index contributed by atoms with van der Waals surface area (Å²) in [6.07, 6.45) is 1.55. The summed E-state index contributed by atoms with van der Waals surface area (Å²) in [6, 6.07) is 19.4. The van der Waals surface area contributed by atoms with Crippen molar-refractivity contribution in [2.45, 2.75) is 23.9 Å². The summed E-state index contributed by atoms with van der Waals surface area (Å²) in [5.41, 5.74) is 1.37. The van der Waals surface area contributed by atoms with Crippen LogP contribution in [-0.4, -0.2) is 20.7 Å². The second-order valence-electron chi connectivity index (χ2n) is 6.82. The number of para-hydroxylation sites is 1. The first-order chi connectivity index (χ1) is 15.0. The van der Waals surface area contributed by atoms with E-state index in [1.165, 1.54) is 16.3 Å². The highest BCUT2D eigenvalue weighted by atomic mass is 32.2. The third-order valence-electron chi connectivity index (χ3n) is 4.63. The molecule has 1 atom stereocenters. The number of aromatic nitrogens is 2. The molecule has 2 aromatic heterocycles. The van der Waals surface area contributed by atoms with Crippen LogP contribution in [0, 0.1) is 11.3 Å². The Hall–Kier alpha value is -3.83. The molecule has 1 unspecified atom stereocenters. The van der Waals surface area contributed by atoms with E-state index in [0.29, 0.717) is 33.1 Å². The van der Waals surface area contributed by atoms with Crippen LogP contribution >= 0.6 is 11.8 Å². The Balaban J connectivity index is 1.63. The molecule has 0 aliphatic rings. The fourth-order valence-corrected chi connectivity index (χ4v) is 3.97. The quantitative estimate of drug-likeness (QED) is 0.366. The number of nitriles is 1. The molecule has 1 N–H and O–H groups in total. The van der Waals surface area contributed by atoms with Crippen molar-refractivity contribution in [1.82, 2.24) is 9.55 Å². The first-order valence-corrected chi connectivity index (χ1v) is 10.4. The molecule has 0 saturated heterocycles. The number of hydrogen-bond donors (Lipinski definition) is 1. The zero-order chi connectivity index (χ0) is 21.8. The van der Waals surface area contributed by atoms with Gasteiger partial charge in [-0.1, -0.05) is 30.0 Å². The largest absolute Gasteiger partial charge is 0.467 e. The molecule has 31 heavy (non-hydrogen) atoms. The number of anilines is 1. The maximum atomic E-state index is 13.1. The van der Waals surface area contributed by atoms with Crippen molar-refractivity contribution in [1.29, 1.82) is 5.26 Å². The molecule has 0 bridgehead atoms. The van der Waals surface area contributed by atoms with E-state index in [1.54, 1.807) is 67.8 Å². The molecule has 1 amide bonds. The number of benzene rings is 2. The van der Waals surface area contributed by atoms with Gasteiger partial charge in [0.1, 0.15) is 5.76 Å². The summed E-state index contributed by atoms with van der Waals surface area (Å²) in [5.74, 6) is 0.360. The standard InChI is InChI=1S/C23H18N4O3S/c1-15(21(28)25-17-7-4-6-16(12-17)13-24)31-23-26-20-10-3-2-9-19(20)22(29)27(23)14-18-8-5-11-30-18/h2-12,15H,14H2,1H3,(H,25,28). The van der Waals surface area contributed by atoms with Gasteiger partial charge in [0.25, 0.3) is 5.56 Å². The van der Waals surface area contributed by atoms with E-state index < -0.39 is 5.25 Å². The van der Waals surface area contributed by atoms with Crippen molar-refractivity contribution < 1.29 is 9.21 Å². The maximum absolute atomic E-state index is 13.1. The van der Waals surface area contributed by atoms with Crippen LogP contribution in [0.5, 0.6) is 0 Å². The first kappa shape index (κ1) is 20.4. The number of carbonyl (C=O) groups excluding carboxylic acids is 1. The molecule has 0 fully saturated rings. The van der Waals surface area contributed by atoms with Gasteiger partial charge in [0, 0.05) is 5.69 Å². The lowest BCUT2D eigenvalue weighted by Gasteiger charge is -2.16. The Kier molecular flexibility index (Phi) is 5.87. The third kappa shape index (κ3) is 4.52. The van der Waals surface area contributed by atoms with Crippen LogP contribution in [0.25, 0.3) is 10.9 Å². The van der Waals surface area contributed by atoms with Crippen molar-refractivity contribution in [3.63, 3.8) is 0 Å². The van der Waals surface area contributed by atoms with Gasteiger partial charge in [0.15, 0.2) is 5.16 Å². The van der Waals surface area contributed by atoms with Gasteiger partial charge in [0.05, 0.1) is 40.6 Å². The number of fused-ring (bicyclic) bond motifs is 1. The normalized spacial score (nSPS) is 11.7. The summed E-state index contributed by atoms with van der Waals surface area (Å²) in [7, 11) is 0. The summed E-state index contributed by atoms with van der Waals surface area (Å²) >= 11 is 1.19. The van der Waals surface area contributed by atoms with E-state index >= 15 is 0 Å². The van der Waals surface area contributed by atoms with E-state index in [-0.39, 0.29) is 18.0 Å². The zero-order valence-corrected chi connectivity index (χ0v) is 17.4. The molecule has 154 valence electrons. The fourth-order valence-electron chi connectivity index (χ4n) is 3.06. The van der Waals surface area contributed by atoms with E-state index in [1.807, 2.05) is 12.1 Å². The SMILES string of the molecule is CC(Sc1nc2ccccc2c(=O)n1Cc1ccco1)C(=O)Nc1cccc(C#N)c1. The molecule has 7 nitrogen and oxygen atoms in total. The molecule has 8 heteroatoms. The van der Waals surface area contributed by atoms with Crippen LogP contribution in [0.2, 0.25) is 0 Å². The fraction of sp³-hybridized carbons (Fsp3) is 0.130. The minimum absolute atomic E-state index is 0.196. The molecule has 4 rings (SSSR count). The van der Waals surface area contributed by atoms with Crippen molar-refractivity contribution in [2.24, 2.45) is 0 Å². The molecule has 0 radical (unpaired) electrons. The highest BCUT2D eigenvalue weighted by Crippen LogP contribution is 2.24. The number of furan rings is 1. The Morgan fingerprint density at radius 3 is 2.84 bits per heavy atom. The van der Waals surface area contributed by atoms with Crippen LogP contribution in [0.1, 0.15) is 18.2 Å². The lowest BCUT2D eigenvalue weighted by atomic mass is 10.2. The van der Waals surface area contributed by atoms with Gasteiger partial charge in [-0.3, -0.25) is 14.2 Å². The summed E-state index contributed by atoms with van der Waals surface area (Å²) in [6.45, 7) is 1.96. The molecular weight excluding hydrogens is 412 g/mol. The van der Waals surface area contributed by atoms with Crippen LogP contribution in [0.4, 0.5) is 5.69 Å². The Morgan fingerprint density at radius 2 is 2.06 bits per heavy atom. The van der Waals surface area contributed by atoms with Gasteiger partial charge >= 0.3 is 0 Å². The monoisotopic (exact) mass is 430 g/mol. The van der Waals surface area contributed by atoms with Crippen molar-refractivity contribution in [3.8, 4) is 6.07 Å². The molecule has 0 aliphatic carbocycles. The number of nitrogens with zero attached hydrogens (tertiary/aromatic N) is 3. The minimum atomic E-state index is -0.540. The molecule has 0 spiro atoms. The second-order valence-corrected chi connectivity index (χ2v) is 8.13. The van der Waals surface area contributed by atoms with Gasteiger partial charge < -0.3 is 9.73 Å². The molecule has 0 aliphatic heterocycles.